The molecule has 1 aliphatic carbocycles. The largest absolute Gasteiger partial charge is 0.508 e. The molecule has 3 N–H and O–H groups in total. The van der Waals surface area contributed by atoms with Crippen molar-refractivity contribution < 1.29 is 10.2 Å². The highest BCUT2D eigenvalue weighted by Crippen LogP contribution is 2.27. The monoisotopic (exact) mass is 277 g/mol. The summed E-state index contributed by atoms with van der Waals surface area (Å²) in [5, 5.41) is 23.2. The minimum absolute atomic E-state index is 0.319. The minimum Gasteiger partial charge on any atom is -0.508 e. The molecule has 0 aromatic heterocycles. The Bertz CT molecular complexity index is 396. The molecule has 2 rings (SSSR count). The van der Waals surface area contributed by atoms with Gasteiger partial charge in [0, 0.05) is 12.6 Å². The Morgan fingerprint density at radius 3 is 2.45 bits per heavy atom. The maximum Gasteiger partial charge on any atom is 0.115 e. The second-order valence-corrected chi connectivity index (χ2v) is 6.27. The number of aryl methyl sites for hydroxylation is 1. The molecule has 0 amide bonds. The SMILES string of the molecule is CC(CCc1ccc(O)cc1)NCC1(O)CCCCC1. The topological polar surface area (TPSA) is 52.5 Å². The lowest BCUT2D eigenvalue weighted by Crippen LogP contribution is -2.45. The van der Waals surface area contributed by atoms with Crippen LogP contribution >= 0.6 is 0 Å². The van der Waals surface area contributed by atoms with Gasteiger partial charge in [0.05, 0.1) is 5.60 Å². The van der Waals surface area contributed by atoms with Crippen LogP contribution in [0.3, 0.4) is 0 Å². The molecule has 0 aliphatic heterocycles. The fourth-order valence-corrected chi connectivity index (χ4v) is 2.90. The molecule has 1 aromatic rings. The first-order valence-electron chi connectivity index (χ1n) is 7.81. The van der Waals surface area contributed by atoms with Crippen molar-refractivity contribution >= 4 is 0 Å². The molecule has 0 spiro atoms. The molecule has 112 valence electrons. The highest BCUT2D eigenvalue weighted by molar-refractivity contribution is 5.25. The molecule has 1 unspecified atom stereocenters. The van der Waals surface area contributed by atoms with Crippen molar-refractivity contribution in [3.63, 3.8) is 0 Å². The first-order valence-corrected chi connectivity index (χ1v) is 7.81. The van der Waals surface area contributed by atoms with Crippen LogP contribution in [0.25, 0.3) is 0 Å². The van der Waals surface area contributed by atoms with Crippen molar-refractivity contribution in [3.8, 4) is 5.75 Å². The number of aliphatic hydroxyl groups is 1. The zero-order chi connectivity index (χ0) is 14.4. The summed E-state index contributed by atoms with van der Waals surface area (Å²) < 4.78 is 0. The summed E-state index contributed by atoms with van der Waals surface area (Å²) in [6, 6.07) is 7.80. The Balaban J connectivity index is 1.69. The number of nitrogens with one attached hydrogen (secondary N) is 1. The summed E-state index contributed by atoms with van der Waals surface area (Å²) >= 11 is 0. The van der Waals surface area contributed by atoms with Gasteiger partial charge < -0.3 is 15.5 Å². The van der Waals surface area contributed by atoms with Gasteiger partial charge in [-0.25, -0.2) is 0 Å². The third-order valence-corrected chi connectivity index (χ3v) is 4.37. The smallest absolute Gasteiger partial charge is 0.115 e. The van der Waals surface area contributed by atoms with Crippen LogP contribution in [0.1, 0.15) is 51.0 Å². The molecule has 3 heteroatoms. The first-order chi connectivity index (χ1) is 9.57. The van der Waals surface area contributed by atoms with E-state index in [1.807, 2.05) is 12.1 Å². The van der Waals surface area contributed by atoms with E-state index in [-0.39, 0.29) is 0 Å². The van der Waals surface area contributed by atoms with E-state index in [4.69, 9.17) is 0 Å². The normalized spacial score (nSPS) is 19.7. The van der Waals surface area contributed by atoms with E-state index >= 15 is 0 Å². The highest BCUT2D eigenvalue weighted by atomic mass is 16.3. The van der Waals surface area contributed by atoms with Crippen LogP contribution in [0.15, 0.2) is 24.3 Å². The average Bonchev–Trinajstić information content (AvgIpc) is 2.45. The summed E-state index contributed by atoms with van der Waals surface area (Å²) in [4.78, 5) is 0. The third kappa shape index (κ3) is 4.80. The summed E-state index contributed by atoms with van der Waals surface area (Å²) in [7, 11) is 0. The van der Waals surface area contributed by atoms with Gasteiger partial charge in [-0.1, -0.05) is 31.4 Å². The molecule has 0 radical (unpaired) electrons. The standard InChI is InChI=1S/C17H27NO2/c1-14(5-6-15-7-9-16(19)10-8-15)18-13-17(20)11-3-2-4-12-17/h7-10,14,18-20H,2-6,11-13H2,1H3. The van der Waals surface area contributed by atoms with Gasteiger partial charge in [-0.15, -0.1) is 0 Å². The zero-order valence-electron chi connectivity index (χ0n) is 12.4. The molecule has 1 saturated carbocycles. The predicted octanol–water partition coefficient (Wildman–Crippen LogP) is 3.00. The van der Waals surface area contributed by atoms with Crippen molar-refractivity contribution in [1.82, 2.24) is 5.32 Å². The van der Waals surface area contributed by atoms with Crippen molar-refractivity contribution in [2.75, 3.05) is 6.54 Å². The highest BCUT2D eigenvalue weighted by Gasteiger charge is 2.28. The molecular weight excluding hydrogens is 250 g/mol. The summed E-state index contributed by atoms with van der Waals surface area (Å²) in [5.41, 5.74) is 0.762. The molecule has 0 saturated heterocycles. The Morgan fingerprint density at radius 1 is 1.15 bits per heavy atom. The Hall–Kier alpha value is -1.06. The van der Waals surface area contributed by atoms with E-state index in [2.05, 4.69) is 12.2 Å². The van der Waals surface area contributed by atoms with Crippen molar-refractivity contribution in [2.45, 2.75) is 63.5 Å². The van der Waals surface area contributed by atoms with Crippen molar-refractivity contribution in [3.05, 3.63) is 29.8 Å². The molecule has 1 aliphatic rings. The minimum atomic E-state index is -0.481. The molecular formula is C17H27NO2. The summed E-state index contributed by atoms with van der Waals surface area (Å²) in [5.74, 6) is 0.319. The van der Waals surface area contributed by atoms with Gasteiger partial charge in [0.25, 0.3) is 0 Å². The lowest BCUT2D eigenvalue weighted by Gasteiger charge is -2.33. The van der Waals surface area contributed by atoms with Gasteiger partial charge in [-0.05, 0) is 50.3 Å². The predicted molar refractivity (Wildman–Crippen MR) is 81.9 cm³/mol. The van der Waals surface area contributed by atoms with E-state index < -0.39 is 5.60 Å². The van der Waals surface area contributed by atoms with Crippen LogP contribution in [0.2, 0.25) is 0 Å². The van der Waals surface area contributed by atoms with Crippen LogP contribution in [-0.2, 0) is 6.42 Å². The number of hydrogen-bond donors (Lipinski definition) is 3. The number of phenolic OH excluding ortho intramolecular Hbond substituents is 1. The summed E-state index contributed by atoms with van der Waals surface area (Å²) in [6.45, 7) is 2.89. The van der Waals surface area contributed by atoms with Gasteiger partial charge in [0.1, 0.15) is 5.75 Å². The molecule has 0 bridgehead atoms. The lowest BCUT2D eigenvalue weighted by molar-refractivity contribution is 0.00288. The number of hydrogen-bond acceptors (Lipinski definition) is 3. The zero-order valence-corrected chi connectivity index (χ0v) is 12.4. The second-order valence-electron chi connectivity index (χ2n) is 6.27. The Labute approximate surface area is 122 Å². The van der Waals surface area contributed by atoms with Gasteiger partial charge >= 0.3 is 0 Å². The van der Waals surface area contributed by atoms with E-state index in [1.54, 1.807) is 12.1 Å². The van der Waals surface area contributed by atoms with E-state index in [0.29, 0.717) is 18.3 Å². The Kier molecular flexibility index (Phi) is 5.44. The van der Waals surface area contributed by atoms with Gasteiger partial charge in [-0.2, -0.15) is 0 Å². The van der Waals surface area contributed by atoms with E-state index in [0.717, 1.165) is 38.5 Å². The maximum absolute atomic E-state index is 10.4. The first kappa shape index (κ1) is 15.3. The number of benzene rings is 1. The molecule has 0 heterocycles. The Morgan fingerprint density at radius 2 is 1.80 bits per heavy atom. The van der Waals surface area contributed by atoms with E-state index in [9.17, 15) is 10.2 Å². The van der Waals surface area contributed by atoms with Crippen LogP contribution in [0.5, 0.6) is 5.75 Å². The number of aromatic hydroxyl groups is 1. The van der Waals surface area contributed by atoms with Gasteiger partial charge in [0.2, 0.25) is 0 Å². The van der Waals surface area contributed by atoms with Crippen LogP contribution in [0, 0.1) is 0 Å². The number of rotatable bonds is 6. The molecule has 3 nitrogen and oxygen atoms in total. The molecule has 1 atom stereocenters. The average molecular weight is 277 g/mol. The second kappa shape index (κ2) is 7.09. The quantitative estimate of drug-likeness (QED) is 0.749. The van der Waals surface area contributed by atoms with Crippen LogP contribution in [0.4, 0.5) is 0 Å². The molecule has 20 heavy (non-hydrogen) atoms. The molecule has 1 aromatic carbocycles. The fourth-order valence-electron chi connectivity index (χ4n) is 2.90. The van der Waals surface area contributed by atoms with Gasteiger partial charge in [-0.3, -0.25) is 0 Å². The lowest BCUT2D eigenvalue weighted by atomic mass is 9.84. The third-order valence-electron chi connectivity index (χ3n) is 4.37. The van der Waals surface area contributed by atoms with Crippen LogP contribution in [-0.4, -0.2) is 28.4 Å². The summed E-state index contributed by atoms with van der Waals surface area (Å²) in [6.07, 6.45) is 7.47. The number of phenols is 1. The van der Waals surface area contributed by atoms with Crippen molar-refractivity contribution in [2.24, 2.45) is 0 Å². The fraction of sp³-hybridized carbons (Fsp3) is 0.647. The van der Waals surface area contributed by atoms with E-state index in [1.165, 1.54) is 12.0 Å². The molecule has 1 fully saturated rings. The van der Waals surface area contributed by atoms with Crippen molar-refractivity contribution in [1.29, 1.82) is 0 Å². The maximum atomic E-state index is 10.4. The van der Waals surface area contributed by atoms with Crippen LogP contribution < -0.4 is 5.32 Å². The van der Waals surface area contributed by atoms with Gasteiger partial charge in [0.15, 0.2) is 0 Å².